The molecule has 1 heterocycles. The summed E-state index contributed by atoms with van der Waals surface area (Å²) in [7, 11) is 0. The highest BCUT2D eigenvalue weighted by atomic mass is 35.5. The standard InChI is InChI=1S/C45H30ClN3/c46-45-48-43(47-44(49-45)42-29-39(33-18-9-3-10-19-33)26-40(30-42)34-20-11-4-12-21-34)36-23-13-22-35(24-36)41-27-37(31-14-5-1-6-15-31)25-38(28-41)32-16-7-2-8-17-32/h1-30H. The van der Waals surface area contributed by atoms with Gasteiger partial charge in [-0.05, 0) is 110 Å². The molecule has 8 rings (SSSR count). The van der Waals surface area contributed by atoms with E-state index in [4.69, 9.17) is 16.6 Å². The lowest BCUT2D eigenvalue weighted by molar-refractivity contribution is 1.07. The Kier molecular flexibility index (Phi) is 8.33. The van der Waals surface area contributed by atoms with E-state index in [2.05, 4.69) is 131 Å². The van der Waals surface area contributed by atoms with E-state index in [9.17, 15) is 0 Å². The molecule has 3 nitrogen and oxygen atoms in total. The lowest BCUT2D eigenvalue weighted by Gasteiger charge is -2.13. The fraction of sp³-hybridized carbons (Fsp3) is 0. The zero-order valence-corrected chi connectivity index (χ0v) is 27.3. The Hall–Kier alpha value is -6.16. The molecule has 7 aromatic carbocycles. The molecular weight excluding hydrogens is 618 g/mol. The molecule has 0 saturated heterocycles. The van der Waals surface area contributed by atoms with Crippen molar-refractivity contribution in [2.75, 3.05) is 0 Å². The minimum atomic E-state index is 0.147. The third kappa shape index (κ3) is 6.66. The third-order valence-electron chi connectivity index (χ3n) is 8.61. The second kappa shape index (κ2) is 13.5. The second-order valence-electron chi connectivity index (χ2n) is 11.9. The van der Waals surface area contributed by atoms with Crippen molar-refractivity contribution in [1.82, 2.24) is 15.0 Å². The van der Waals surface area contributed by atoms with Crippen LogP contribution < -0.4 is 0 Å². The molecule has 0 saturated carbocycles. The maximum atomic E-state index is 6.64. The summed E-state index contributed by atoms with van der Waals surface area (Å²) < 4.78 is 0. The van der Waals surface area contributed by atoms with Crippen molar-refractivity contribution in [3.05, 3.63) is 187 Å². The highest BCUT2D eigenvalue weighted by Gasteiger charge is 2.14. The van der Waals surface area contributed by atoms with Crippen molar-refractivity contribution in [2.45, 2.75) is 0 Å². The molecule has 0 aliphatic carbocycles. The monoisotopic (exact) mass is 647 g/mol. The number of rotatable bonds is 7. The van der Waals surface area contributed by atoms with Crippen LogP contribution in [-0.2, 0) is 0 Å². The van der Waals surface area contributed by atoms with E-state index in [1.807, 2.05) is 60.7 Å². The van der Waals surface area contributed by atoms with E-state index in [0.29, 0.717) is 11.6 Å². The normalized spacial score (nSPS) is 11.0. The zero-order valence-electron chi connectivity index (χ0n) is 26.5. The SMILES string of the molecule is Clc1nc(-c2cccc(-c3cc(-c4ccccc4)cc(-c4ccccc4)c3)c2)nc(-c2cc(-c3ccccc3)cc(-c3ccccc3)c2)n1. The Morgan fingerprint density at radius 2 is 0.531 bits per heavy atom. The molecule has 4 heteroatoms. The first-order valence-electron chi connectivity index (χ1n) is 16.2. The largest absolute Gasteiger partial charge is 0.226 e. The van der Waals surface area contributed by atoms with Crippen LogP contribution in [0, 0.1) is 0 Å². The smallest absolute Gasteiger partial charge is 0.208 e. The fourth-order valence-corrected chi connectivity index (χ4v) is 6.35. The molecule has 0 aliphatic heterocycles. The Labute approximate surface area is 291 Å². The second-order valence-corrected chi connectivity index (χ2v) is 12.2. The Morgan fingerprint density at radius 3 is 0.939 bits per heavy atom. The first kappa shape index (κ1) is 30.2. The van der Waals surface area contributed by atoms with E-state index in [1.165, 1.54) is 11.1 Å². The molecule has 8 aromatic rings. The number of nitrogens with zero attached hydrogens (tertiary/aromatic N) is 3. The minimum Gasteiger partial charge on any atom is -0.208 e. The maximum Gasteiger partial charge on any atom is 0.226 e. The van der Waals surface area contributed by atoms with Crippen LogP contribution >= 0.6 is 11.6 Å². The van der Waals surface area contributed by atoms with Gasteiger partial charge in [-0.25, -0.2) is 4.98 Å². The Balaban J connectivity index is 1.23. The van der Waals surface area contributed by atoms with Crippen LogP contribution in [0.1, 0.15) is 0 Å². The molecular formula is C45H30ClN3. The maximum absolute atomic E-state index is 6.64. The number of hydrogen-bond donors (Lipinski definition) is 0. The average molecular weight is 648 g/mol. The number of halogens is 1. The van der Waals surface area contributed by atoms with Crippen LogP contribution in [0.3, 0.4) is 0 Å². The molecule has 0 fully saturated rings. The van der Waals surface area contributed by atoms with Crippen LogP contribution in [0.25, 0.3) is 78.4 Å². The van der Waals surface area contributed by atoms with Gasteiger partial charge in [-0.1, -0.05) is 140 Å². The molecule has 0 spiro atoms. The summed E-state index contributed by atoms with van der Waals surface area (Å²) in [6, 6.07) is 63.2. The molecule has 232 valence electrons. The van der Waals surface area contributed by atoms with Crippen molar-refractivity contribution in [3.63, 3.8) is 0 Å². The van der Waals surface area contributed by atoms with Crippen LogP contribution in [0.5, 0.6) is 0 Å². The number of aromatic nitrogens is 3. The molecule has 49 heavy (non-hydrogen) atoms. The molecule has 1 aromatic heterocycles. The van der Waals surface area contributed by atoms with E-state index < -0.39 is 0 Å². The molecule has 0 amide bonds. The number of benzene rings is 7. The van der Waals surface area contributed by atoms with Crippen molar-refractivity contribution in [2.24, 2.45) is 0 Å². The Morgan fingerprint density at radius 1 is 0.245 bits per heavy atom. The van der Waals surface area contributed by atoms with Gasteiger partial charge in [0.25, 0.3) is 0 Å². The highest BCUT2D eigenvalue weighted by molar-refractivity contribution is 6.28. The summed E-state index contributed by atoms with van der Waals surface area (Å²) in [5.41, 5.74) is 12.9. The van der Waals surface area contributed by atoms with Gasteiger partial charge in [0, 0.05) is 11.1 Å². The first-order valence-corrected chi connectivity index (χ1v) is 16.6. The minimum absolute atomic E-state index is 0.147. The van der Waals surface area contributed by atoms with E-state index >= 15 is 0 Å². The van der Waals surface area contributed by atoms with Gasteiger partial charge in [0.1, 0.15) is 0 Å². The summed E-state index contributed by atoms with van der Waals surface area (Å²) in [6.45, 7) is 0. The van der Waals surface area contributed by atoms with Crippen molar-refractivity contribution in [3.8, 4) is 78.4 Å². The summed E-state index contributed by atoms with van der Waals surface area (Å²) >= 11 is 6.64. The van der Waals surface area contributed by atoms with E-state index in [-0.39, 0.29) is 5.28 Å². The molecule has 0 aliphatic rings. The van der Waals surface area contributed by atoms with Crippen molar-refractivity contribution >= 4 is 11.6 Å². The van der Waals surface area contributed by atoms with Gasteiger partial charge < -0.3 is 0 Å². The number of hydrogen-bond acceptors (Lipinski definition) is 3. The van der Waals surface area contributed by atoms with Gasteiger partial charge in [0.2, 0.25) is 5.28 Å². The fourth-order valence-electron chi connectivity index (χ4n) is 6.19. The van der Waals surface area contributed by atoms with Crippen LogP contribution in [0.4, 0.5) is 0 Å². The molecule has 0 bridgehead atoms. The predicted molar refractivity (Wildman–Crippen MR) is 203 cm³/mol. The van der Waals surface area contributed by atoms with Gasteiger partial charge in [-0.3, -0.25) is 0 Å². The third-order valence-corrected chi connectivity index (χ3v) is 8.78. The average Bonchev–Trinajstić information content (AvgIpc) is 3.19. The van der Waals surface area contributed by atoms with Crippen LogP contribution in [-0.4, -0.2) is 15.0 Å². The lowest BCUT2D eigenvalue weighted by Crippen LogP contribution is -1.98. The lowest BCUT2D eigenvalue weighted by atomic mass is 9.93. The van der Waals surface area contributed by atoms with Gasteiger partial charge >= 0.3 is 0 Å². The van der Waals surface area contributed by atoms with Crippen LogP contribution in [0.15, 0.2) is 182 Å². The van der Waals surface area contributed by atoms with Gasteiger partial charge in [0.15, 0.2) is 11.6 Å². The topological polar surface area (TPSA) is 38.7 Å². The van der Waals surface area contributed by atoms with Crippen molar-refractivity contribution < 1.29 is 0 Å². The molecule has 0 atom stereocenters. The first-order chi connectivity index (χ1) is 24.2. The van der Waals surface area contributed by atoms with Crippen molar-refractivity contribution in [1.29, 1.82) is 0 Å². The van der Waals surface area contributed by atoms with E-state index in [0.717, 1.165) is 55.6 Å². The molecule has 0 N–H and O–H groups in total. The highest BCUT2D eigenvalue weighted by Crippen LogP contribution is 2.36. The summed E-state index contributed by atoms with van der Waals surface area (Å²) in [5.74, 6) is 1.04. The van der Waals surface area contributed by atoms with Crippen LogP contribution in [0.2, 0.25) is 5.28 Å². The van der Waals surface area contributed by atoms with Gasteiger partial charge in [-0.15, -0.1) is 0 Å². The van der Waals surface area contributed by atoms with E-state index in [1.54, 1.807) is 0 Å². The predicted octanol–water partition coefficient (Wildman–Crippen LogP) is 12.2. The Bertz CT molecular complexity index is 2260. The molecule has 0 unspecified atom stereocenters. The quantitative estimate of drug-likeness (QED) is 0.173. The summed E-state index contributed by atoms with van der Waals surface area (Å²) in [6.07, 6.45) is 0. The summed E-state index contributed by atoms with van der Waals surface area (Å²) in [5, 5.41) is 0.147. The van der Waals surface area contributed by atoms with Gasteiger partial charge in [0.05, 0.1) is 0 Å². The zero-order chi connectivity index (χ0) is 33.0. The molecule has 0 radical (unpaired) electrons. The van der Waals surface area contributed by atoms with Gasteiger partial charge in [-0.2, -0.15) is 9.97 Å². The summed E-state index contributed by atoms with van der Waals surface area (Å²) in [4.78, 5) is 14.2.